The van der Waals surface area contributed by atoms with Gasteiger partial charge in [0.15, 0.2) is 0 Å². The minimum absolute atomic E-state index is 0.147. The molecule has 1 fully saturated rings. The van der Waals surface area contributed by atoms with Crippen LogP contribution >= 0.6 is 11.6 Å². The van der Waals surface area contributed by atoms with Crippen molar-refractivity contribution in [2.45, 2.75) is 39.0 Å². The summed E-state index contributed by atoms with van der Waals surface area (Å²) in [4.78, 5) is 2.32. The van der Waals surface area contributed by atoms with Crippen molar-refractivity contribution in [3.05, 3.63) is 28.8 Å². The summed E-state index contributed by atoms with van der Waals surface area (Å²) >= 11 is 6.22. The zero-order valence-corrected chi connectivity index (χ0v) is 12.0. The van der Waals surface area contributed by atoms with Crippen LogP contribution in [0.1, 0.15) is 26.3 Å². The molecule has 0 spiro atoms. The highest BCUT2D eigenvalue weighted by Crippen LogP contribution is 2.31. The van der Waals surface area contributed by atoms with E-state index in [-0.39, 0.29) is 11.7 Å². The first-order chi connectivity index (χ1) is 8.43. The summed E-state index contributed by atoms with van der Waals surface area (Å²) in [7, 11) is 0. The van der Waals surface area contributed by atoms with Gasteiger partial charge >= 0.3 is 0 Å². The second kappa shape index (κ2) is 5.08. The molecule has 4 heteroatoms. The van der Waals surface area contributed by atoms with E-state index in [1.807, 2.05) is 12.1 Å². The van der Waals surface area contributed by atoms with Crippen molar-refractivity contribution in [3.63, 3.8) is 0 Å². The highest BCUT2D eigenvalue weighted by atomic mass is 35.5. The molecule has 0 aliphatic carbocycles. The van der Waals surface area contributed by atoms with Crippen LogP contribution in [-0.4, -0.2) is 24.8 Å². The van der Waals surface area contributed by atoms with E-state index in [1.165, 1.54) is 0 Å². The van der Waals surface area contributed by atoms with Gasteiger partial charge in [0, 0.05) is 35.9 Å². The number of morpholine rings is 1. The van der Waals surface area contributed by atoms with Gasteiger partial charge in [0.05, 0.1) is 11.7 Å². The standard InChI is InChI=1S/C14H21ClN2O/c1-10-8-17(9-14(2,3)18-10)13-6-4-5-12(15)11(13)7-16/h4-6,10H,7-9,16H2,1-3H3. The third kappa shape index (κ3) is 2.79. The molecule has 2 N–H and O–H groups in total. The average Bonchev–Trinajstić information content (AvgIpc) is 2.25. The quantitative estimate of drug-likeness (QED) is 0.896. The topological polar surface area (TPSA) is 38.5 Å². The lowest BCUT2D eigenvalue weighted by atomic mass is 10.0. The Morgan fingerprint density at radius 1 is 1.50 bits per heavy atom. The third-order valence-electron chi connectivity index (χ3n) is 3.21. The Bertz CT molecular complexity index is 434. The molecule has 1 heterocycles. The molecule has 1 saturated heterocycles. The monoisotopic (exact) mass is 268 g/mol. The first-order valence-electron chi connectivity index (χ1n) is 6.33. The number of nitrogens with zero attached hydrogens (tertiary/aromatic N) is 1. The molecular weight excluding hydrogens is 248 g/mol. The molecule has 1 aliphatic heterocycles. The number of benzene rings is 1. The summed E-state index contributed by atoms with van der Waals surface area (Å²) < 4.78 is 5.92. The molecule has 0 aromatic heterocycles. The molecule has 2 rings (SSSR count). The summed E-state index contributed by atoms with van der Waals surface area (Å²) in [6, 6.07) is 5.95. The highest BCUT2D eigenvalue weighted by molar-refractivity contribution is 6.31. The fourth-order valence-electron chi connectivity index (χ4n) is 2.68. The number of nitrogens with two attached hydrogens (primary N) is 1. The molecule has 0 amide bonds. The van der Waals surface area contributed by atoms with Crippen LogP contribution in [0.2, 0.25) is 5.02 Å². The predicted octanol–water partition coefficient (Wildman–Crippen LogP) is 2.80. The average molecular weight is 269 g/mol. The van der Waals surface area contributed by atoms with Crippen LogP contribution in [0, 0.1) is 0 Å². The van der Waals surface area contributed by atoms with Gasteiger partial charge in [0.25, 0.3) is 0 Å². The minimum atomic E-state index is -0.147. The van der Waals surface area contributed by atoms with Crippen LogP contribution in [0.15, 0.2) is 18.2 Å². The maximum absolute atomic E-state index is 6.22. The summed E-state index contributed by atoms with van der Waals surface area (Å²) in [5, 5.41) is 0.743. The predicted molar refractivity (Wildman–Crippen MR) is 76.2 cm³/mol. The Morgan fingerprint density at radius 3 is 2.83 bits per heavy atom. The molecule has 1 aromatic rings. The number of rotatable bonds is 2. The maximum Gasteiger partial charge on any atom is 0.0805 e. The summed E-state index contributed by atoms with van der Waals surface area (Å²) in [5.74, 6) is 0. The molecule has 0 saturated carbocycles. The largest absolute Gasteiger partial charge is 0.369 e. The second-order valence-corrected chi connectivity index (χ2v) is 5.92. The Labute approximate surface area is 114 Å². The van der Waals surface area contributed by atoms with Crippen LogP contribution in [0.5, 0.6) is 0 Å². The zero-order chi connectivity index (χ0) is 13.3. The van der Waals surface area contributed by atoms with E-state index in [9.17, 15) is 0 Å². The number of anilines is 1. The molecule has 1 unspecified atom stereocenters. The fourth-order valence-corrected chi connectivity index (χ4v) is 2.93. The Kier molecular flexibility index (Phi) is 3.85. The fraction of sp³-hybridized carbons (Fsp3) is 0.571. The van der Waals surface area contributed by atoms with Crippen molar-refractivity contribution in [2.75, 3.05) is 18.0 Å². The van der Waals surface area contributed by atoms with Crippen LogP contribution in [0.4, 0.5) is 5.69 Å². The molecule has 3 nitrogen and oxygen atoms in total. The minimum Gasteiger partial charge on any atom is -0.369 e. The molecule has 0 radical (unpaired) electrons. The normalized spacial score (nSPS) is 23.2. The molecule has 1 aliphatic rings. The van der Waals surface area contributed by atoms with Gasteiger partial charge in [-0.15, -0.1) is 0 Å². The third-order valence-corrected chi connectivity index (χ3v) is 3.56. The van der Waals surface area contributed by atoms with Gasteiger partial charge in [0.2, 0.25) is 0 Å². The van der Waals surface area contributed by atoms with Gasteiger partial charge in [-0.1, -0.05) is 17.7 Å². The van der Waals surface area contributed by atoms with Gasteiger partial charge in [-0.3, -0.25) is 0 Å². The lowest BCUT2D eigenvalue weighted by molar-refractivity contribution is -0.0750. The van der Waals surface area contributed by atoms with Crippen LogP contribution in [0.3, 0.4) is 0 Å². The van der Waals surface area contributed by atoms with Gasteiger partial charge in [-0.2, -0.15) is 0 Å². The zero-order valence-electron chi connectivity index (χ0n) is 11.2. The van der Waals surface area contributed by atoms with E-state index >= 15 is 0 Å². The second-order valence-electron chi connectivity index (χ2n) is 5.51. The van der Waals surface area contributed by atoms with E-state index in [1.54, 1.807) is 0 Å². The molecule has 18 heavy (non-hydrogen) atoms. The lowest BCUT2D eigenvalue weighted by Crippen LogP contribution is -2.52. The van der Waals surface area contributed by atoms with Crippen LogP contribution in [-0.2, 0) is 11.3 Å². The van der Waals surface area contributed by atoms with E-state index in [2.05, 4.69) is 31.7 Å². The smallest absolute Gasteiger partial charge is 0.0805 e. The summed E-state index contributed by atoms with van der Waals surface area (Å²) in [6.07, 6.45) is 0.207. The first-order valence-corrected chi connectivity index (χ1v) is 6.71. The van der Waals surface area contributed by atoms with E-state index in [0.29, 0.717) is 6.54 Å². The van der Waals surface area contributed by atoms with E-state index in [4.69, 9.17) is 22.1 Å². The lowest BCUT2D eigenvalue weighted by Gasteiger charge is -2.43. The van der Waals surface area contributed by atoms with Crippen molar-refractivity contribution in [3.8, 4) is 0 Å². The molecule has 0 bridgehead atoms. The van der Waals surface area contributed by atoms with Crippen LogP contribution < -0.4 is 10.6 Å². The number of halogens is 1. The van der Waals surface area contributed by atoms with Crippen molar-refractivity contribution >= 4 is 17.3 Å². The number of hydrogen-bond donors (Lipinski definition) is 1. The number of hydrogen-bond acceptors (Lipinski definition) is 3. The van der Waals surface area contributed by atoms with Gasteiger partial charge in [-0.25, -0.2) is 0 Å². The van der Waals surface area contributed by atoms with Crippen molar-refractivity contribution in [2.24, 2.45) is 5.73 Å². The van der Waals surface area contributed by atoms with E-state index in [0.717, 1.165) is 29.4 Å². The molecule has 1 aromatic carbocycles. The van der Waals surface area contributed by atoms with Gasteiger partial charge < -0.3 is 15.4 Å². The first kappa shape index (κ1) is 13.7. The van der Waals surface area contributed by atoms with Crippen molar-refractivity contribution in [1.29, 1.82) is 0 Å². The Morgan fingerprint density at radius 2 is 2.22 bits per heavy atom. The summed E-state index contributed by atoms with van der Waals surface area (Å²) in [5.41, 5.74) is 7.82. The SMILES string of the molecule is CC1CN(c2cccc(Cl)c2CN)CC(C)(C)O1. The highest BCUT2D eigenvalue weighted by Gasteiger charge is 2.32. The maximum atomic E-state index is 6.22. The van der Waals surface area contributed by atoms with Gasteiger partial charge in [0.1, 0.15) is 0 Å². The Balaban J connectivity index is 2.34. The van der Waals surface area contributed by atoms with Gasteiger partial charge in [-0.05, 0) is 32.9 Å². The molecular formula is C14H21ClN2O. The molecule has 1 atom stereocenters. The number of ether oxygens (including phenoxy) is 1. The Hall–Kier alpha value is -0.770. The van der Waals surface area contributed by atoms with Crippen molar-refractivity contribution < 1.29 is 4.74 Å². The summed E-state index contributed by atoms with van der Waals surface area (Å²) in [6.45, 7) is 8.51. The van der Waals surface area contributed by atoms with Crippen LogP contribution in [0.25, 0.3) is 0 Å². The molecule has 100 valence electrons. The van der Waals surface area contributed by atoms with Crippen molar-refractivity contribution in [1.82, 2.24) is 0 Å². The van der Waals surface area contributed by atoms with E-state index < -0.39 is 0 Å².